The van der Waals surface area contributed by atoms with Gasteiger partial charge < -0.3 is 10.6 Å². The fourth-order valence-corrected chi connectivity index (χ4v) is 2.41. The van der Waals surface area contributed by atoms with Gasteiger partial charge in [0.2, 0.25) is 0 Å². The fourth-order valence-electron chi connectivity index (χ4n) is 2.41. The molecule has 5 nitrogen and oxygen atoms in total. The molecule has 0 atom stereocenters. The van der Waals surface area contributed by atoms with E-state index in [1.807, 2.05) is 0 Å². The van der Waals surface area contributed by atoms with E-state index < -0.39 is 0 Å². The molecule has 1 amide bonds. The number of hydrogen-bond donors (Lipinski definition) is 3. The van der Waals surface area contributed by atoms with Gasteiger partial charge in [0.1, 0.15) is 5.69 Å². The van der Waals surface area contributed by atoms with E-state index in [4.69, 9.17) is 0 Å². The van der Waals surface area contributed by atoms with Crippen LogP contribution in [-0.4, -0.2) is 35.2 Å². The van der Waals surface area contributed by atoms with Crippen LogP contribution in [0.4, 0.5) is 0 Å². The standard InChI is InChI=1S/C13H22N4O/c18-13(12-7-8-16-17-12)15-10-9-14-11-5-3-1-2-4-6-11/h7-8,11,14H,1-6,9-10H2,(H,15,18)(H,16,17). The van der Waals surface area contributed by atoms with Crippen molar-refractivity contribution < 1.29 is 4.79 Å². The van der Waals surface area contributed by atoms with E-state index in [-0.39, 0.29) is 5.91 Å². The minimum Gasteiger partial charge on any atom is -0.349 e. The maximum atomic E-state index is 11.6. The molecule has 1 aliphatic carbocycles. The summed E-state index contributed by atoms with van der Waals surface area (Å²) < 4.78 is 0. The number of H-pyrrole nitrogens is 1. The molecular weight excluding hydrogens is 228 g/mol. The molecule has 1 aliphatic rings. The summed E-state index contributed by atoms with van der Waals surface area (Å²) in [6, 6.07) is 2.31. The van der Waals surface area contributed by atoms with Gasteiger partial charge in [0.05, 0.1) is 0 Å². The highest BCUT2D eigenvalue weighted by molar-refractivity contribution is 5.92. The first-order valence-corrected chi connectivity index (χ1v) is 6.87. The van der Waals surface area contributed by atoms with Gasteiger partial charge >= 0.3 is 0 Å². The molecule has 1 fully saturated rings. The summed E-state index contributed by atoms with van der Waals surface area (Å²) in [7, 11) is 0. The van der Waals surface area contributed by atoms with Gasteiger partial charge in [-0.1, -0.05) is 25.7 Å². The van der Waals surface area contributed by atoms with Crippen molar-refractivity contribution in [3.8, 4) is 0 Å². The van der Waals surface area contributed by atoms with Crippen LogP contribution in [0, 0.1) is 0 Å². The second-order valence-corrected chi connectivity index (χ2v) is 4.87. The van der Waals surface area contributed by atoms with Crippen molar-refractivity contribution in [1.29, 1.82) is 0 Å². The molecule has 0 bridgehead atoms. The maximum Gasteiger partial charge on any atom is 0.269 e. The van der Waals surface area contributed by atoms with Gasteiger partial charge in [0.25, 0.3) is 5.91 Å². The molecule has 1 heterocycles. The van der Waals surface area contributed by atoms with Crippen molar-refractivity contribution in [2.75, 3.05) is 13.1 Å². The monoisotopic (exact) mass is 250 g/mol. The zero-order valence-electron chi connectivity index (χ0n) is 10.7. The number of nitrogens with zero attached hydrogens (tertiary/aromatic N) is 1. The highest BCUT2D eigenvalue weighted by Gasteiger charge is 2.11. The predicted octanol–water partition coefficient (Wildman–Crippen LogP) is 1.45. The molecule has 0 radical (unpaired) electrons. The first-order valence-electron chi connectivity index (χ1n) is 6.87. The highest BCUT2D eigenvalue weighted by atomic mass is 16.1. The zero-order chi connectivity index (χ0) is 12.6. The van der Waals surface area contributed by atoms with E-state index in [2.05, 4.69) is 20.8 Å². The molecule has 5 heteroatoms. The van der Waals surface area contributed by atoms with Crippen molar-refractivity contribution in [1.82, 2.24) is 20.8 Å². The molecule has 1 aromatic rings. The van der Waals surface area contributed by atoms with Gasteiger partial charge in [-0.15, -0.1) is 0 Å². The molecule has 0 saturated heterocycles. The number of amides is 1. The van der Waals surface area contributed by atoms with Crippen molar-refractivity contribution in [3.63, 3.8) is 0 Å². The van der Waals surface area contributed by atoms with Crippen LogP contribution in [-0.2, 0) is 0 Å². The summed E-state index contributed by atoms with van der Waals surface area (Å²) in [6.07, 6.45) is 9.53. The van der Waals surface area contributed by atoms with Gasteiger partial charge in [-0.2, -0.15) is 5.10 Å². The molecule has 0 spiro atoms. The van der Waals surface area contributed by atoms with Gasteiger partial charge in [-0.05, 0) is 18.9 Å². The second-order valence-electron chi connectivity index (χ2n) is 4.87. The lowest BCUT2D eigenvalue weighted by Gasteiger charge is -2.16. The Labute approximate surface area is 108 Å². The lowest BCUT2D eigenvalue weighted by atomic mass is 10.1. The lowest BCUT2D eigenvalue weighted by Crippen LogP contribution is -2.37. The van der Waals surface area contributed by atoms with Crippen LogP contribution in [0.15, 0.2) is 12.3 Å². The molecule has 1 aromatic heterocycles. The Hall–Kier alpha value is -1.36. The third kappa shape index (κ3) is 4.14. The quantitative estimate of drug-likeness (QED) is 0.547. The summed E-state index contributed by atoms with van der Waals surface area (Å²) in [5, 5.41) is 12.8. The number of hydrogen-bond acceptors (Lipinski definition) is 3. The van der Waals surface area contributed by atoms with Gasteiger partial charge in [0.15, 0.2) is 0 Å². The fraction of sp³-hybridized carbons (Fsp3) is 0.692. The van der Waals surface area contributed by atoms with Gasteiger partial charge in [-0.3, -0.25) is 9.89 Å². The number of carbonyl (C=O) groups is 1. The molecular formula is C13H22N4O. The maximum absolute atomic E-state index is 11.6. The second kappa shape index (κ2) is 7.16. The molecule has 3 N–H and O–H groups in total. The Kier molecular flexibility index (Phi) is 5.20. The van der Waals surface area contributed by atoms with Crippen LogP contribution >= 0.6 is 0 Å². The first kappa shape index (κ1) is 13.1. The summed E-state index contributed by atoms with van der Waals surface area (Å²) in [4.78, 5) is 11.6. The van der Waals surface area contributed by atoms with Crippen molar-refractivity contribution >= 4 is 5.91 Å². The van der Waals surface area contributed by atoms with Crippen molar-refractivity contribution in [3.05, 3.63) is 18.0 Å². The Morgan fingerprint density at radius 2 is 2.06 bits per heavy atom. The Morgan fingerprint density at radius 3 is 2.72 bits per heavy atom. The predicted molar refractivity (Wildman–Crippen MR) is 70.4 cm³/mol. The minimum atomic E-state index is -0.0878. The smallest absolute Gasteiger partial charge is 0.269 e. The number of rotatable bonds is 5. The summed E-state index contributed by atoms with van der Waals surface area (Å²) in [5.74, 6) is -0.0878. The molecule has 18 heavy (non-hydrogen) atoms. The summed E-state index contributed by atoms with van der Waals surface area (Å²) in [5.41, 5.74) is 0.518. The first-order chi connectivity index (χ1) is 8.86. The largest absolute Gasteiger partial charge is 0.349 e. The van der Waals surface area contributed by atoms with E-state index >= 15 is 0 Å². The number of aromatic nitrogens is 2. The van der Waals surface area contributed by atoms with E-state index in [0.717, 1.165) is 6.54 Å². The van der Waals surface area contributed by atoms with Crippen LogP contribution in [0.2, 0.25) is 0 Å². The number of nitrogens with one attached hydrogen (secondary N) is 3. The molecule has 0 unspecified atom stereocenters. The van der Waals surface area contributed by atoms with Crippen LogP contribution in [0.1, 0.15) is 49.0 Å². The summed E-state index contributed by atoms with van der Waals surface area (Å²) in [6.45, 7) is 1.50. The Morgan fingerprint density at radius 1 is 1.28 bits per heavy atom. The van der Waals surface area contributed by atoms with E-state index in [9.17, 15) is 4.79 Å². The van der Waals surface area contributed by atoms with E-state index in [0.29, 0.717) is 18.3 Å². The SMILES string of the molecule is O=C(NCCNC1CCCCCC1)c1ccn[nH]1. The zero-order valence-corrected chi connectivity index (χ0v) is 10.7. The van der Waals surface area contributed by atoms with E-state index in [1.165, 1.54) is 38.5 Å². The average Bonchev–Trinajstić information content (AvgIpc) is 2.80. The van der Waals surface area contributed by atoms with Crippen LogP contribution in [0.5, 0.6) is 0 Å². The average molecular weight is 250 g/mol. The lowest BCUT2D eigenvalue weighted by molar-refractivity contribution is 0.0948. The van der Waals surface area contributed by atoms with Gasteiger partial charge in [0, 0.05) is 25.3 Å². The topological polar surface area (TPSA) is 69.8 Å². The number of carbonyl (C=O) groups excluding carboxylic acids is 1. The molecule has 0 aromatic carbocycles. The number of aromatic amines is 1. The third-order valence-corrected chi connectivity index (χ3v) is 3.44. The third-order valence-electron chi connectivity index (χ3n) is 3.44. The van der Waals surface area contributed by atoms with Gasteiger partial charge in [-0.25, -0.2) is 0 Å². The molecule has 0 aliphatic heterocycles. The Balaban J connectivity index is 1.59. The van der Waals surface area contributed by atoms with Crippen molar-refractivity contribution in [2.24, 2.45) is 0 Å². The Bertz CT molecular complexity index is 342. The van der Waals surface area contributed by atoms with Crippen LogP contribution < -0.4 is 10.6 Å². The summed E-state index contributed by atoms with van der Waals surface area (Å²) >= 11 is 0. The minimum absolute atomic E-state index is 0.0878. The van der Waals surface area contributed by atoms with Crippen LogP contribution in [0.25, 0.3) is 0 Å². The molecule has 100 valence electrons. The molecule has 1 saturated carbocycles. The van der Waals surface area contributed by atoms with Crippen LogP contribution in [0.3, 0.4) is 0 Å². The molecule has 2 rings (SSSR count). The van der Waals surface area contributed by atoms with Crippen molar-refractivity contribution in [2.45, 2.75) is 44.6 Å². The highest BCUT2D eigenvalue weighted by Crippen LogP contribution is 2.16. The normalized spacial score (nSPS) is 17.3. The van der Waals surface area contributed by atoms with E-state index in [1.54, 1.807) is 12.3 Å².